The number of hydrogen-bond donors (Lipinski definition) is 4. The SMILES string of the molecule is CC/C=C\CC(O)/C=C/C=C/C/C=C\C/C=C\C/C=C\CCC(=O)O[C@H](COC(=O)CC/C=C\C/C=C\C/C=C\C/C=C\C/C=C\CCCCC)COP(=O)(O)OC[C@H](N)C(=O)O. The molecule has 2 unspecified atom stereocenters. The van der Waals surface area contributed by atoms with E-state index in [9.17, 15) is 28.9 Å². The predicted molar refractivity (Wildman–Crippen MR) is 255 cm³/mol. The van der Waals surface area contributed by atoms with Crippen LogP contribution in [0.1, 0.15) is 123 Å². The Labute approximate surface area is 377 Å². The number of hydrogen-bond acceptors (Lipinski definition) is 10. The summed E-state index contributed by atoms with van der Waals surface area (Å²) in [6.45, 7) is 2.38. The third kappa shape index (κ3) is 42.6. The molecule has 4 atom stereocenters. The first-order chi connectivity index (χ1) is 30.5. The van der Waals surface area contributed by atoms with Crippen LogP contribution in [0.15, 0.2) is 134 Å². The smallest absolute Gasteiger partial charge is 0.472 e. The standard InChI is InChI=1S/C50H76NO11P/c1-3-5-7-8-9-10-11-12-13-14-15-16-17-20-23-26-29-32-36-40-48(53)59-42-46(43-60-63(57,58)61-44-47(51)50(55)56)62-49(54)41-37-33-30-27-24-21-18-19-22-25-28-31-35-39-45(52)38-34-6-4-2/h6,9-10,12-13,15-16,19-24,28-35,39,45-47,52H,3-5,7-8,11,14,17-18,25-27,36-38,40-44,51H2,1-2H3,(H,55,56)(H,57,58)/b10-9-,13-12-,16-15-,22-19-,23-20-,24-21-,31-28+,32-29-,33-30-,34-6-,39-35+/t45?,46-,47+/m1/s1. The van der Waals surface area contributed by atoms with Crippen LogP contribution in [0, 0.1) is 0 Å². The molecule has 0 rings (SSSR count). The van der Waals surface area contributed by atoms with E-state index >= 15 is 0 Å². The average Bonchev–Trinajstić information content (AvgIpc) is 3.25. The third-order valence-corrected chi connectivity index (χ3v) is 9.44. The summed E-state index contributed by atoms with van der Waals surface area (Å²) >= 11 is 0. The summed E-state index contributed by atoms with van der Waals surface area (Å²) in [5.41, 5.74) is 5.32. The number of aliphatic carboxylic acids is 1. The van der Waals surface area contributed by atoms with Crippen LogP contribution in [0.2, 0.25) is 0 Å². The van der Waals surface area contributed by atoms with Crippen LogP contribution in [0.5, 0.6) is 0 Å². The highest BCUT2D eigenvalue weighted by atomic mass is 31.2. The lowest BCUT2D eigenvalue weighted by molar-refractivity contribution is -0.161. The van der Waals surface area contributed by atoms with Crippen molar-refractivity contribution in [1.29, 1.82) is 0 Å². The van der Waals surface area contributed by atoms with Crippen LogP contribution in [0.4, 0.5) is 0 Å². The van der Waals surface area contributed by atoms with Crippen molar-refractivity contribution < 1.29 is 52.6 Å². The fourth-order valence-corrected chi connectivity index (χ4v) is 5.76. The number of aliphatic hydroxyl groups excluding tert-OH is 1. The third-order valence-electron chi connectivity index (χ3n) is 8.49. The molecule has 0 spiro atoms. The quantitative estimate of drug-likeness (QED) is 0.0150. The van der Waals surface area contributed by atoms with Crippen molar-refractivity contribution in [3.63, 3.8) is 0 Å². The molecule has 0 fully saturated rings. The molecule has 0 saturated heterocycles. The van der Waals surface area contributed by atoms with Crippen molar-refractivity contribution in [3.05, 3.63) is 134 Å². The van der Waals surface area contributed by atoms with Gasteiger partial charge in [0.25, 0.3) is 0 Å². The summed E-state index contributed by atoms with van der Waals surface area (Å²) in [5, 5.41) is 18.7. The fraction of sp³-hybridized carbons (Fsp3) is 0.500. The van der Waals surface area contributed by atoms with Gasteiger partial charge in [0.15, 0.2) is 6.10 Å². The van der Waals surface area contributed by atoms with Crippen LogP contribution in [0.3, 0.4) is 0 Å². The maximum atomic E-state index is 12.6. The number of rotatable bonds is 39. The Hall–Kier alpha value is -4.42. The molecular formula is C50H76NO11P. The Morgan fingerprint density at radius 3 is 1.57 bits per heavy atom. The maximum Gasteiger partial charge on any atom is 0.472 e. The molecule has 0 heterocycles. The van der Waals surface area contributed by atoms with Gasteiger partial charge in [-0.05, 0) is 83.5 Å². The molecule has 0 aromatic rings. The monoisotopic (exact) mass is 898 g/mol. The minimum absolute atomic E-state index is 0.00401. The predicted octanol–water partition coefficient (Wildman–Crippen LogP) is 11.1. The van der Waals surface area contributed by atoms with Crippen molar-refractivity contribution in [2.75, 3.05) is 19.8 Å². The number of carboxylic acid groups (broad SMARTS) is 1. The van der Waals surface area contributed by atoms with E-state index in [1.807, 2.05) is 72.9 Å². The summed E-state index contributed by atoms with van der Waals surface area (Å²) in [5.74, 6) is -2.64. The van der Waals surface area contributed by atoms with Gasteiger partial charge in [0, 0.05) is 12.8 Å². The Kier molecular flexibility index (Phi) is 39.9. The van der Waals surface area contributed by atoms with Gasteiger partial charge in [-0.3, -0.25) is 23.4 Å². The second-order valence-corrected chi connectivity index (χ2v) is 15.7. The van der Waals surface area contributed by atoms with Crippen molar-refractivity contribution in [2.45, 2.75) is 141 Å². The molecule has 0 aromatic carbocycles. The highest BCUT2D eigenvalue weighted by Crippen LogP contribution is 2.43. The zero-order chi connectivity index (χ0) is 46.5. The highest BCUT2D eigenvalue weighted by Gasteiger charge is 2.28. The Balaban J connectivity index is 4.66. The van der Waals surface area contributed by atoms with Crippen LogP contribution in [0.25, 0.3) is 0 Å². The van der Waals surface area contributed by atoms with E-state index < -0.39 is 63.8 Å². The van der Waals surface area contributed by atoms with Crippen molar-refractivity contribution in [1.82, 2.24) is 0 Å². The van der Waals surface area contributed by atoms with Gasteiger partial charge in [0.1, 0.15) is 12.6 Å². The highest BCUT2D eigenvalue weighted by molar-refractivity contribution is 7.47. The topological polar surface area (TPSA) is 192 Å². The molecule has 352 valence electrons. The van der Waals surface area contributed by atoms with Gasteiger partial charge in [-0.15, -0.1) is 0 Å². The van der Waals surface area contributed by atoms with Crippen molar-refractivity contribution >= 4 is 25.7 Å². The second-order valence-electron chi connectivity index (χ2n) is 14.3. The lowest BCUT2D eigenvalue weighted by Gasteiger charge is -2.20. The number of carbonyl (C=O) groups is 3. The Morgan fingerprint density at radius 2 is 1.06 bits per heavy atom. The molecule has 13 heteroatoms. The van der Waals surface area contributed by atoms with Gasteiger partial charge >= 0.3 is 25.7 Å². The van der Waals surface area contributed by atoms with E-state index in [0.717, 1.165) is 51.4 Å². The van der Waals surface area contributed by atoms with Gasteiger partial charge < -0.3 is 30.3 Å². The average molecular weight is 898 g/mol. The minimum atomic E-state index is -4.77. The van der Waals surface area contributed by atoms with Gasteiger partial charge in [0.05, 0.1) is 19.3 Å². The number of unbranched alkanes of at least 4 members (excludes halogenated alkanes) is 3. The summed E-state index contributed by atoms with van der Waals surface area (Å²) in [7, 11) is -4.77. The van der Waals surface area contributed by atoms with Crippen LogP contribution in [-0.4, -0.2) is 71.1 Å². The van der Waals surface area contributed by atoms with Gasteiger partial charge in [-0.25, -0.2) is 4.57 Å². The van der Waals surface area contributed by atoms with E-state index in [2.05, 4.69) is 73.1 Å². The number of carbonyl (C=O) groups excluding carboxylic acids is 2. The number of aliphatic hydroxyl groups is 1. The molecule has 0 aliphatic heterocycles. The molecule has 0 aromatic heterocycles. The van der Waals surface area contributed by atoms with E-state index in [-0.39, 0.29) is 12.8 Å². The first-order valence-corrected chi connectivity index (χ1v) is 23.8. The molecule has 0 bridgehead atoms. The second kappa shape index (κ2) is 42.9. The normalized spacial score (nSPS) is 15.4. The number of ether oxygens (including phenoxy) is 2. The van der Waals surface area contributed by atoms with Crippen LogP contribution in [-0.2, 0) is 37.5 Å². The summed E-state index contributed by atoms with van der Waals surface area (Å²) < 4.78 is 32.5. The van der Waals surface area contributed by atoms with E-state index in [1.165, 1.54) is 19.3 Å². The van der Waals surface area contributed by atoms with Gasteiger partial charge in [0.2, 0.25) is 0 Å². The Bertz CT molecular complexity index is 1590. The van der Waals surface area contributed by atoms with Crippen LogP contribution < -0.4 is 5.73 Å². The number of carboxylic acids is 1. The van der Waals surface area contributed by atoms with Gasteiger partial charge in [-0.2, -0.15) is 0 Å². The lowest BCUT2D eigenvalue weighted by Crippen LogP contribution is -2.34. The first-order valence-electron chi connectivity index (χ1n) is 22.3. The zero-order valence-electron chi connectivity index (χ0n) is 37.7. The first kappa shape index (κ1) is 58.6. The van der Waals surface area contributed by atoms with Crippen molar-refractivity contribution in [2.24, 2.45) is 5.73 Å². The molecule has 5 N–H and O–H groups in total. The number of allylic oxidation sites excluding steroid dienone is 20. The molecule has 0 saturated carbocycles. The van der Waals surface area contributed by atoms with E-state index in [4.69, 9.17) is 24.8 Å². The van der Waals surface area contributed by atoms with E-state index in [1.54, 1.807) is 6.08 Å². The summed E-state index contributed by atoms with van der Waals surface area (Å²) in [4.78, 5) is 45.9. The Morgan fingerprint density at radius 1 is 0.587 bits per heavy atom. The minimum Gasteiger partial charge on any atom is -0.480 e. The number of esters is 2. The summed E-state index contributed by atoms with van der Waals surface area (Å²) in [6, 6.07) is -1.56. The van der Waals surface area contributed by atoms with Crippen molar-refractivity contribution in [3.8, 4) is 0 Å². The number of phosphoric acid groups is 1. The molecule has 0 amide bonds. The summed E-state index contributed by atoms with van der Waals surface area (Å²) in [6.07, 6.45) is 55.9. The van der Waals surface area contributed by atoms with Gasteiger partial charge in [-0.1, -0.05) is 160 Å². The molecule has 12 nitrogen and oxygen atoms in total. The molecule has 0 aliphatic rings. The van der Waals surface area contributed by atoms with Crippen LogP contribution >= 0.6 is 7.82 Å². The number of nitrogens with two attached hydrogens (primary N) is 1. The number of phosphoric ester groups is 1. The maximum absolute atomic E-state index is 12.6. The molecular weight excluding hydrogens is 822 g/mol. The van der Waals surface area contributed by atoms with E-state index in [0.29, 0.717) is 25.7 Å². The fourth-order valence-electron chi connectivity index (χ4n) is 4.98. The largest absolute Gasteiger partial charge is 0.480 e. The zero-order valence-corrected chi connectivity index (χ0v) is 38.6. The molecule has 0 radical (unpaired) electrons. The molecule has 63 heavy (non-hydrogen) atoms. The lowest BCUT2D eigenvalue weighted by atomic mass is 10.2. The molecule has 0 aliphatic carbocycles.